The Morgan fingerprint density at radius 3 is 2.57 bits per heavy atom. The summed E-state index contributed by atoms with van der Waals surface area (Å²) in [5.41, 5.74) is 6.00. The lowest BCUT2D eigenvalue weighted by Gasteiger charge is -2.28. The molecule has 3 rings (SSSR count). The second-order valence-corrected chi connectivity index (χ2v) is 12.0. The number of amides is 5. The smallest absolute Gasteiger partial charge is 0.245 e. The molecule has 1 aliphatic heterocycles. The molecule has 0 spiro atoms. The Bertz CT molecular complexity index is 1410. The van der Waals surface area contributed by atoms with Gasteiger partial charge >= 0.3 is 0 Å². The standard InChI is InChI=1S/C29H41N9O7S/c1-15(39)23-27(45)36-19(9-5-6-12-32-22(41)14-20(26(44)38-23)34-16(2)40)25(43)35-18(10-7-13-33-29(30)31)24(42)28-37-17-8-3-4-11-21(17)46-28/h3-4,8,11,15,18-20,23,39H,5-7,9-10,12-14H2,1-2H3,(H,32,41)(H,34,40)(H,35,43)(H,36,45)(H,38,44)(H4,30,31,33)/t15-,18-,19-,20-,23-/m0/s1. The largest absolute Gasteiger partial charge is 0.391 e. The zero-order chi connectivity index (χ0) is 33.8. The van der Waals surface area contributed by atoms with Gasteiger partial charge in [-0.2, -0.15) is 0 Å². The highest BCUT2D eigenvalue weighted by Crippen LogP contribution is 2.23. The van der Waals surface area contributed by atoms with Gasteiger partial charge in [-0.1, -0.05) is 12.1 Å². The molecule has 5 atom stereocenters. The number of carbonyl (C=O) groups is 6. The minimum absolute atomic E-state index is 0.121. The molecule has 17 heteroatoms. The summed E-state index contributed by atoms with van der Waals surface area (Å²) in [6, 6.07) is 2.20. The summed E-state index contributed by atoms with van der Waals surface area (Å²) in [4.78, 5) is 82.2. The van der Waals surface area contributed by atoms with Crippen LogP contribution in [-0.4, -0.2) is 94.7 Å². The maximum atomic E-state index is 13.7. The number of nitrogens with two attached hydrogens (primary N) is 1. The summed E-state index contributed by atoms with van der Waals surface area (Å²) < 4.78 is 0.798. The van der Waals surface area contributed by atoms with Gasteiger partial charge in [-0.15, -0.1) is 11.3 Å². The number of carbonyl (C=O) groups excluding carboxylic acids is 6. The fourth-order valence-electron chi connectivity index (χ4n) is 4.80. The van der Waals surface area contributed by atoms with Gasteiger partial charge in [-0.25, -0.2) is 4.98 Å². The molecular weight excluding hydrogens is 618 g/mol. The lowest BCUT2D eigenvalue weighted by atomic mass is 10.0. The van der Waals surface area contributed by atoms with Gasteiger partial charge in [-0.3, -0.25) is 34.2 Å². The number of nitrogens with zero attached hydrogens (tertiary/aromatic N) is 1. The van der Waals surface area contributed by atoms with Crippen molar-refractivity contribution < 1.29 is 33.9 Å². The van der Waals surface area contributed by atoms with E-state index in [0.717, 1.165) is 4.70 Å². The molecule has 1 fully saturated rings. The van der Waals surface area contributed by atoms with E-state index in [1.807, 2.05) is 12.1 Å². The van der Waals surface area contributed by atoms with Crippen molar-refractivity contribution in [2.24, 2.45) is 5.73 Å². The third kappa shape index (κ3) is 10.8. The summed E-state index contributed by atoms with van der Waals surface area (Å²) in [6.45, 7) is 2.93. The minimum atomic E-state index is -1.53. The van der Waals surface area contributed by atoms with Gasteiger partial charge in [0.25, 0.3) is 0 Å². The molecule has 1 aromatic carbocycles. The quantitative estimate of drug-likeness (QED) is 0.0635. The van der Waals surface area contributed by atoms with Gasteiger partial charge in [0.2, 0.25) is 35.3 Å². The molecule has 2 heterocycles. The number of aliphatic hydroxyl groups excluding tert-OH is 1. The second kappa shape index (κ2) is 17.2. The zero-order valence-corrected chi connectivity index (χ0v) is 26.5. The van der Waals surface area contributed by atoms with Crippen LogP contribution in [0.15, 0.2) is 24.3 Å². The number of ketones is 1. The Hall–Kier alpha value is -4.64. The normalized spacial score (nSPS) is 21.0. The van der Waals surface area contributed by atoms with Crippen LogP contribution in [0.25, 0.3) is 10.2 Å². The number of Topliss-reactive ketones (excluding diaryl/α,β-unsaturated/α-hetero) is 1. The van der Waals surface area contributed by atoms with E-state index in [2.05, 4.69) is 36.9 Å². The van der Waals surface area contributed by atoms with Crippen molar-refractivity contribution in [3.8, 4) is 0 Å². The number of fused-ring (bicyclic) bond motifs is 1. The van der Waals surface area contributed by atoms with E-state index in [0.29, 0.717) is 24.8 Å². The molecular formula is C29H41N9O7S. The van der Waals surface area contributed by atoms with E-state index in [9.17, 15) is 33.9 Å². The molecule has 2 aromatic rings. The van der Waals surface area contributed by atoms with E-state index >= 15 is 0 Å². The van der Waals surface area contributed by atoms with E-state index < -0.39 is 65.6 Å². The van der Waals surface area contributed by atoms with Gasteiger partial charge in [0, 0.05) is 20.0 Å². The lowest BCUT2D eigenvalue weighted by Crippen LogP contribution is -2.60. The zero-order valence-electron chi connectivity index (χ0n) is 25.7. The molecule has 0 bridgehead atoms. The van der Waals surface area contributed by atoms with Crippen LogP contribution in [-0.2, 0) is 24.0 Å². The van der Waals surface area contributed by atoms with Gasteiger partial charge < -0.3 is 42.7 Å². The average molecular weight is 660 g/mol. The Kier molecular flexibility index (Phi) is 13.4. The summed E-state index contributed by atoms with van der Waals surface area (Å²) in [6.07, 6.45) is -0.318. The van der Waals surface area contributed by atoms with Crippen molar-refractivity contribution in [3.63, 3.8) is 0 Å². The number of thiazole rings is 1. The van der Waals surface area contributed by atoms with Gasteiger partial charge in [-0.05, 0) is 51.2 Å². The first kappa shape index (κ1) is 35.8. The monoisotopic (exact) mass is 659 g/mol. The molecule has 1 aliphatic rings. The maximum absolute atomic E-state index is 13.7. The van der Waals surface area contributed by atoms with Gasteiger partial charge in [0.15, 0.2) is 11.0 Å². The first-order chi connectivity index (χ1) is 21.8. The number of para-hydroxylation sites is 1. The van der Waals surface area contributed by atoms with E-state index in [-0.39, 0.29) is 43.3 Å². The number of nitrogens with one attached hydrogen (secondary N) is 7. The van der Waals surface area contributed by atoms with Crippen molar-refractivity contribution in [3.05, 3.63) is 29.3 Å². The Morgan fingerprint density at radius 1 is 1.15 bits per heavy atom. The molecule has 16 nitrogen and oxygen atoms in total. The van der Waals surface area contributed by atoms with E-state index in [4.69, 9.17) is 11.1 Å². The first-order valence-electron chi connectivity index (χ1n) is 15.0. The third-order valence-electron chi connectivity index (χ3n) is 7.14. The van der Waals surface area contributed by atoms with E-state index in [1.165, 1.54) is 25.2 Å². The highest BCUT2D eigenvalue weighted by Gasteiger charge is 2.34. The SMILES string of the molecule is CC(=O)N[C@H]1CC(=O)NCCCC[C@@H](C(=O)N[C@@H](CCCNC(=N)N)C(=O)c2nc3ccccc3s2)NC(=O)[C@H]([C@H](C)O)NC1=O. The first-order valence-corrected chi connectivity index (χ1v) is 15.8. The summed E-state index contributed by atoms with van der Waals surface area (Å²) in [5.74, 6) is -4.15. The van der Waals surface area contributed by atoms with Crippen LogP contribution in [0, 0.1) is 5.41 Å². The number of guanidine groups is 1. The number of hydrogen-bond donors (Lipinski definition) is 9. The number of benzene rings is 1. The van der Waals surface area contributed by atoms with Crippen molar-refractivity contribution in [2.45, 2.75) is 82.6 Å². The lowest BCUT2D eigenvalue weighted by molar-refractivity contribution is -0.136. The van der Waals surface area contributed by atoms with Crippen LogP contribution in [0.3, 0.4) is 0 Å². The van der Waals surface area contributed by atoms with Gasteiger partial charge in [0.05, 0.1) is 28.8 Å². The predicted octanol–water partition coefficient (Wildman–Crippen LogP) is -1.23. The third-order valence-corrected chi connectivity index (χ3v) is 8.19. The Labute approximate surface area is 269 Å². The van der Waals surface area contributed by atoms with Crippen LogP contribution in [0.1, 0.15) is 62.2 Å². The summed E-state index contributed by atoms with van der Waals surface area (Å²) >= 11 is 1.19. The molecule has 1 aromatic heterocycles. The number of rotatable bonds is 10. The molecule has 0 aliphatic carbocycles. The maximum Gasteiger partial charge on any atom is 0.245 e. The fourth-order valence-corrected chi connectivity index (χ4v) is 5.76. The van der Waals surface area contributed by atoms with Crippen molar-refractivity contribution in [2.75, 3.05) is 13.1 Å². The number of aliphatic hydroxyl groups is 1. The van der Waals surface area contributed by atoms with Crippen LogP contribution in [0.4, 0.5) is 0 Å². The minimum Gasteiger partial charge on any atom is -0.391 e. The molecule has 5 amide bonds. The molecule has 10 N–H and O–H groups in total. The van der Waals surface area contributed by atoms with Crippen LogP contribution < -0.4 is 37.6 Å². The van der Waals surface area contributed by atoms with Crippen LogP contribution in [0.2, 0.25) is 0 Å². The highest BCUT2D eigenvalue weighted by atomic mass is 32.1. The predicted molar refractivity (Wildman–Crippen MR) is 170 cm³/mol. The van der Waals surface area contributed by atoms with Crippen molar-refractivity contribution in [1.82, 2.24) is 36.9 Å². The molecule has 0 radical (unpaired) electrons. The van der Waals surface area contributed by atoms with Crippen LogP contribution >= 0.6 is 11.3 Å². The van der Waals surface area contributed by atoms with Crippen molar-refractivity contribution >= 4 is 62.8 Å². The van der Waals surface area contributed by atoms with Crippen LogP contribution in [0.5, 0.6) is 0 Å². The highest BCUT2D eigenvalue weighted by molar-refractivity contribution is 7.20. The topological polar surface area (TPSA) is 258 Å². The fraction of sp³-hybridized carbons (Fsp3) is 0.517. The Balaban J connectivity index is 1.84. The van der Waals surface area contributed by atoms with Crippen molar-refractivity contribution in [1.29, 1.82) is 5.41 Å². The number of hydrogen-bond acceptors (Lipinski definition) is 10. The molecule has 0 saturated carbocycles. The molecule has 0 unspecified atom stereocenters. The molecule has 46 heavy (non-hydrogen) atoms. The summed E-state index contributed by atoms with van der Waals surface area (Å²) in [7, 11) is 0. The van der Waals surface area contributed by atoms with Gasteiger partial charge in [0.1, 0.15) is 18.1 Å². The average Bonchev–Trinajstić information content (AvgIpc) is 3.43. The summed E-state index contributed by atoms with van der Waals surface area (Å²) in [5, 5.41) is 33.3. The molecule has 250 valence electrons. The second-order valence-electron chi connectivity index (χ2n) is 11.0. The van der Waals surface area contributed by atoms with E-state index in [1.54, 1.807) is 12.1 Å². The molecule has 1 saturated heterocycles. The number of aromatic nitrogens is 1. The Morgan fingerprint density at radius 2 is 1.89 bits per heavy atom.